The third-order valence-corrected chi connectivity index (χ3v) is 5.46. The summed E-state index contributed by atoms with van der Waals surface area (Å²) in [5.74, 6) is 0.663. The fourth-order valence-corrected chi connectivity index (χ4v) is 4.09. The summed E-state index contributed by atoms with van der Waals surface area (Å²) in [6.45, 7) is 7.71. The number of ether oxygens (including phenoxy) is 1. The monoisotopic (exact) mass is 323 g/mol. The molecule has 3 atom stereocenters. The van der Waals surface area contributed by atoms with E-state index in [0.717, 1.165) is 11.1 Å². The molecule has 2 nitrogen and oxygen atoms in total. The minimum absolute atomic E-state index is 0.217. The molecular formula is C16H22BrNO. The Bertz CT molecular complexity index is 486. The van der Waals surface area contributed by atoms with Gasteiger partial charge in [-0.2, -0.15) is 0 Å². The van der Waals surface area contributed by atoms with Crippen LogP contribution in [0.5, 0.6) is 0 Å². The summed E-state index contributed by atoms with van der Waals surface area (Å²) >= 11 is 3.64. The molecule has 1 aliphatic heterocycles. The van der Waals surface area contributed by atoms with Gasteiger partial charge in [0.2, 0.25) is 0 Å². The topological polar surface area (TPSA) is 21.3 Å². The fraction of sp³-hybridized carbons (Fsp3) is 0.625. The highest BCUT2D eigenvalue weighted by molar-refractivity contribution is 9.10. The molecule has 19 heavy (non-hydrogen) atoms. The van der Waals surface area contributed by atoms with Crippen LogP contribution in [0.3, 0.4) is 0 Å². The fourth-order valence-electron chi connectivity index (χ4n) is 3.73. The Morgan fingerprint density at radius 1 is 1.37 bits per heavy atom. The second-order valence-corrected chi connectivity index (χ2v) is 7.38. The first-order valence-electron chi connectivity index (χ1n) is 7.14. The van der Waals surface area contributed by atoms with Gasteiger partial charge in [0.15, 0.2) is 0 Å². The maximum absolute atomic E-state index is 5.96. The van der Waals surface area contributed by atoms with Gasteiger partial charge in [-0.25, -0.2) is 0 Å². The van der Waals surface area contributed by atoms with Gasteiger partial charge in [0.05, 0.1) is 6.10 Å². The van der Waals surface area contributed by atoms with Crippen LogP contribution in [0.15, 0.2) is 22.7 Å². The van der Waals surface area contributed by atoms with E-state index in [4.69, 9.17) is 4.74 Å². The second kappa shape index (κ2) is 4.78. The lowest BCUT2D eigenvalue weighted by Crippen LogP contribution is -2.67. The Morgan fingerprint density at radius 2 is 2.16 bits per heavy atom. The largest absolute Gasteiger partial charge is 0.380 e. The van der Waals surface area contributed by atoms with Crippen molar-refractivity contribution in [1.29, 1.82) is 0 Å². The Hall–Kier alpha value is -0.540. The van der Waals surface area contributed by atoms with E-state index < -0.39 is 0 Å². The minimum atomic E-state index is 0.217. The summed E-state index contributed by atoms with van der Waals surface area (Å²) in [5.41, 5.74) is 2.72. The van der Waals surface area contributed by atoms with E-state index in [2.05, 4.69) is 60.2 Å². The van der Waals surface area contributed by atoms with Crippen molar-refractivity contribution < 1.29 is 4.74 Å². The third-order valence-electron chi connectivity index (χ3n) is 4.76. The Balaban J connectivity index is 1.81. The van der Waals surface area contributed by atoms with Crippen LogP contribution in [0, 0.1) is 18.3 Å². The Labute approximate surface area is 124 Å². The predicted octanol–water partition coefficient (Wildman–Crippen LogP) is 4.37. The molecule has 1 saturated heterocycles. The van der Waals surface area contributed by atoms with Crippen LogP contribution in [0.4, 0.5) is 5.69 Å². The molecule has 3 rings (SSSR count). The highest BCUT2D eigenvalue weighted by Crippen LogP contribution is 2.52. The van der Waals surface area contributed by atoms with Crippen molar-refractivity contribution >= 4 is 21.6 Å². The zero-order valence-electron chi connectivity index (χ0n) is 11.9. The number of rotatable bonds is 2. The summed E-state index contributed by atoms with van der Waals surface area (Å²) in [6, 6.07) is 6.99. The maximum Gasteiger partial charge on any atom is 0.0693 e. The van der Waals surface area contributed by atoms with Crippen LogP contribution in [0.25, 0.3) is 0 Å². The predicted molar refractivity (Wildman–Crippen MR) is 82.5 cm³/mol. The van der Waals surface area contributed by atoms with Crippen molar-refractivity contribution in [3.05, 3.63) is 28.2 Å². The molecule has 1 aliphatic carbocycles. The molecule has 104 valence electrons. The molecule has 3 unspecified atom stereocenters. The second-order valence-electron chi connectivity index (χ2n) is 6.52. The number of anilines is 1. The average molecular weight is 324 g/mol. The lowest BCUT2D eigenvalue weighted by atomic mass is 9.55. The first-order valence-corrected chi connectivity index (χ1v) is 7.94. The van der Waals surface area contributed by atoms with Crippen LogP contribution in [0.1, 0.15) is 32.3 Å². The first-order chi connectivity index (χ1) is 9.00. The molecule has 2 aliphatic rings. The van der Waals surface area contributed by atoms with Gasteiger partial charge < -0.3 is 10.1 Å². The third kappa shape index (κ3) is 2.21. The number of nitrogens with one attached hydrogen (secondary N) is 1. The van der Waals surface area contributed by atoms with Crippen LogP contribution >= 0.6 is 15.9 Å². The zero-order chi connectivity index (χ0) is 13.6. The normalized spacial score (nSPS) is 32.3. The molecule has 1 aromatic rings. The molecule has 0 spiro atoms. The van der Waals surface area contributed by atoms with Crippen LogP contribution in [-0.4, -0.2) is 18.8 Å². The van der Waals surface area contributed by atoms with Crippen LogP contribution < -0.4 is 5.32 Å². The van der Waals surface area contributed by atoms with Gasteiger partial charge in [-0.05, 0) is 53.4 Å². The van der Waals surface area contributed by atoms with E-state index in [1.165, 1.54) is 24.1 Å². The molecule has 1 N–H and O–H groups in total. The molecule has 1 saturated carbocycles. The number of fused-ring (bicyclic) bond motifs is 1. The smallest absolute Gasteiger partial charge is 0.0693 e. The minimum Gasteiger partial charge on any atom is -0.380 e. The Morgan fingerprint density at radius 3 is 2.95 bits per heavy atom. The summed E-state index contributed by atoms with van der Waals surface area (Å²) in [4.78, 5) is 0. The molecule has 1 aromatic carbocycles. The van der Waals surface area contributed by atoms with Crippen molar-refractivity contribution in [2.24, 2.45) is 11.3 Å². The quantitative estimate of drug-likeness (QED) is 0.872. The van der Waals surface area contributed by atoms with Gasteiger partial charge >= 0.3 is 0 Å². The number of benzene rings is 1. The molecule has 0 amide bonds. The van der Waals surface area contributed by atoms with Gasteiger partial charge in [-0.3, -0.25) is 0 Å². The van der Waals surface area contributed by atoms with Crippen molar-refractivity contribution in [2.75, 3.05) is 11.9 Å². The van der Waals surface area contributed by atoms with E-state index in [0.29, 0.717) is 18.1 Å². The molecular weight excluding hydrogens is 302 g/mol. The number of hydrogen-bond acceptors (Lipinski definition) is 2. The average Bonchev–Trinajstić information content (AvgIpc) is 2.39. The molecule has 0 aromatic heterocycles. The van der Waals surface area contributed by atoms with E-state index >= 15 is 0 Å². The highest BCUT2D eigenvalue weighted by atomic mass is 79.9. The van der Waals surface area contributed by atoms with Gasteiger partial charge in [-0.1, -0.05) is 19.9 Å². The molecule has 2 fully saturated rings. The van der Waals surface area contributed by atoms with Crippen LogP contribution in [0.2, 0.25) is 0 Å². The molecule has 0 radical (unpaired) electrons. The highest BCUT2D eigenvalue weighted by Gasteiger charge is 2.57. The van der Waals surface area contributed by atoms with E-state index in [9.17, 15) is 0 Å². The summed E-state index contributed by atoms with van der Waals surface area (Å²) in [6.07, 6.45) is 2.92. The van der Waals surface area contributed by atoms with Crippen molar-refractivity contribution in [3.63, 3.8) is 0 Å². The van der Waals surface area contributed by atoms with Gasteiger partial charge in [0.1, 0.15) is 0 Å². The molecule has 1 heterocycles. The lowest BCUT2D eigenvalue weighted by molar-refractivity contribution is -0.177. The van der Waals surface area contributed by atoms with E-state index in [1.807, 2.05) is 0 Å². The summed E-state index contributed by atoms with van der Waals surface area (Å²) in [7, 11) is 0. The summed E-state index contributed by atoms with van der Waals surface area (Å²) < 4.78 is 7.11. The van der Waals surface area contributed by atoms with Gasteiger partial charge in [0, 0.05) is 34.1 Å². The number of aryl methyl sites for hydroxylation is 1. The first kappa shape index (κ1) is 13.4. The lowest BCUT2D eigenvalue weighted by Gasteiger charge is -2.60. The number of hydrogen-bond donors (Lipinski definition) is 1. The SMILES string of the molecule is Cc1ccc(Br)c(NC2C3CCCOC3C2(C)C)c1. The van der Waals surface area contributed by atoms with Gasteiger partial charge in [0.25, 0.3) is 0 Å². The van der Waals surface area contributed by atoms with E-state index in [1.54, 1.807) is 0 Å². The molecule has 0 bridgehead atoms. The summed E-state index contributed by atoms with van der Waals surface area (Å²) in [5, 5.41) is 3.75. The zero-order valence-corrected chi connectivity index (χ0v) is 13.5. The number of halogens is 1. The van der Waals surface area contributed by atoms with Crippen molar-refractivity contribution in [3.8, 4) is 0 Å². The van der Waals surface area contributed by atoms with E-state index in [-0.39, 0.29) is 5.41 Å². The Kier molecular flexibility index (Phi) is 3.38. The maximum atomic E-state index is 5.96. The van der Waals surface area contributed by atoms with Gasteiger partial charge in [-0.15, -0.1) is 0 Å². The standard InChI is InChI=1S/C16H22BrNO/c1-10-6-7-12(17)13(9-10)18-14-11-5-4-8-19-15(11)16(14,2)3/h6-7,9,11,14-15,18H,4-5,8H2,1-3H3. The van der Waals surface area contributed by atoms with Crippen LogP contribution in [-0.2, 0) is 4.74 Å². The van der Waals surface area contributed by atoms with Crippen molar-refractivity contribution in [1.82, 2.24) is 0 Å². The van der Waals surface area contributed by atoms with Crippen molar-refractivity contribution in [2.45, 2.75) is 45.8 Å². The molecule has 3 heteroatoms.